The van der Waals surface area contributed by atoms with Crippen LogP contribution in [0.3, 0.4) is 0 Å². The van der Waals surface area contributed by atoms with E-state index in [1.807, 2.05) is 12.1 Å². The highest BCUT2D eigenvalue weighted by atomic mass is 127. The minimum absolute atomic E-state index is 0. The summed E-state index contributed by atoms with van der Waals surface area (Å²) in [7, 11) is 4.30. The van der Waals surface area contributed by atoms with Gasteiger partial charge in [-0.05, 0) is 51.9 Å². The van der Waals surface area contributed by atoms with Crippen molar-refractivity contribution in [1.82, 2.24) is 15.5 Å². The Hall–Kier alpha value is -0.760. The molecule has 1 atom stereocenters. The van der Waals surface area contributed by atoms with E-state index < -0.39 is 0 Å². The molecule has 1 fully saturated rings. The maximum Gasteiger partial charge on any atom is 0.191 e. The van der Waals surface area contributed by atoms with Gasteiger partial charge in [0.25, 0.3) is 0 Å². The third-order valence-electron chi connectivity index (χ3n) is 3.63. The fraction of sp³-hybridized carbons (Fsp3) is 0.667. The summed E-state index contributed by atoms with van der Waals surface area (Å²) in [6.07, 6.45) is 4.38. The molecule has 1 aromatic rings. The lowest BCUT2D eigenvalue weighted by Crippen LogP contribution is -2.46. The van der Waals surface area contributed by atoms with E-state index in [1.54, 1.807) is 6.26 Å². The Kier molecular flexibility index (Phi) is 8.10. The minimum Gasteiger partial charge on any atom is -0.467 e. The van der Waals surface area contributed by atoms with Crippen molar-refractivity contribution in [2.75, 3.05) is 27.2 Å². The second-order valence-electron chi connectivity index (χ2n) is 5.52. The maximum atomic E-state index is 5.30. The molecule has 120 valence electrons. The zero-order chi connectivity index (χ0) is 14.4. The molecule has 1 aromatic heterocycles. The van der Waals surface area contributed by atoms with Gasteiger partial charge in [0.1, 0.15) is 12.3 Å². The average Bonchev–Trinajstić information content (AvgIpc) is 3.11. The van der Waals surface area contributed by atoms with Gasteiger partial charge in [0.05, 0.1) is 6.26 Å². The lowest BCUT2D eigenvalue weighted by molar-refractivity contribution is 0.264. The number of nitrogens with one attached hydrogen (secondary N) is 2. The second-order valence-corrected chi connectivity index (χ2v) is 5.52. The number of rotatable bonds is 7. The Bertz CT molecular complexity index is 413. The molecular weight excluding hydrogens is 379 g/mol. The van der Waals surface area contributed by atoms with Crippen LogP contribution in [-0.2, 0) is 6.54 Å². The van der Waals surface area contributed by atoms with Crippen molar-refractivity contribution < 1.29 is 4.42 Å². The summed E-state index contributed by atoms with van der Waals surface area (Å²) in [4.78, 5) is 6.86. The van der Waals surface area contributed by atoms with Crippen LogP contribution >= 0.6 is 24.0 Å². The summed E-state index contributed by atoms with van der Waals surface area (Å²) in [5, 5.41) is 6.72. The van der Waals surface area contributed by atoms with E-state index in [2.05, 4.69) is 41.5 Å². The topological polar surface area (TPSA) is 52.8 Å². The third-order valence-corrected chi connectivity index (χ3v) is 3.63. The molecule has 2 N–H and O–H groups in total. The van der Waals surface area contributed by atoms with Crippen molar-refractivity contribution in [2.45, 2.75) is 32.4 Å². The number of aliphatic imine (C=N–C) groups is 1. The summed E-state index contributed by atoms with van der Waals surface area (Å²) in [6, 6.07) is 4.42. The summed E-state index contributed by atoms with van der Waals surface area (Å²) < 4.78 is 5.30. The Morgan fingerprint density at radius 2 is 2.19 bits per heavy atom. The van der Waals surface area contributed by atoms with Crippen molar-refractivity contribution in [3.05, 3.63) is 24.2 Å². The highest BCUT2D eigenvalue weighted by molar-refractivity contribution is 14.0. The summed E-state index contributed by atoms with van der Waals surface area (Å²) in [5.41, 5.74) is 0. The summed E-state index contributed by atoms with van der Waals surface area (Å²) >= 11 is 0. The van der Waals surface area contributed by atoms with Crippen molar-refractivity contribution in [1.29, 1.82) is 0 Å². The Morgan fingerprint density at radius 3 is 2.71 bits per heavy atom. The SMILES string of the molecule is CCNC(=NCc1ccco1)NCC(C1CC1)N(C)C.I. The molecule has 2 rings (SSSR count). The van der Waals surface area contributed by atoms with Gasteiger partial charge in [-0.2, -0.15) is 0 Å². The number of guanidine groups is 1. The first-order valence-electron chi connectivity index (χ1n) is 7.41. The van der Waals surface area contributed by atoms with Gasteiger partial charge in [0.15, 0.2) is 5.96 Å². The van der Waals surface area contributed by atoms with Gasteiger partial charge in [0, 0.05) is 19.1 Å². The van der Waals surface area contributed by atoms with Gasteiger partial charge >= 0.3 is 0 Å². The van der Waals surface area contributed by atoms with Crippen LogP contribution < -0.4 is 10.6 Å². The first-order valence-corrected chi connectivity index (χ1v) is 7.41. The van der Waals surface area contributed by atoms with E-state index in [0.29, 0.717) is 12.6 Å². The van der Waals surface area contributed by atoms with E-state index in [-0.39, 0.29) is 24.0 Å². The molecule has 21 heavy (non-hydrogen) atoms. The zero-order valence-electron chi connectivity index (χ0n) is 13.1. The molecule has 1 unspecified atom stereocenters. The standard InChI is InChI=1S/C15H26N4O.HI/c1-4-16-15(17-10-13-6-5-9-20-13)18-11-14(19(2)3)12-7-8-12;/h5-6,9,12,14H,4,7-8,10-11H2,1-3H3,(H2,16,17,18);1H. The molecule has 0 saturated heterocycles. The normalized spacial score (nSPS) is 16.5. The summed E-state index contributed by atoms with van der Waals surface area (Å²) in [5.74, 6) is 2.58. The van der Waals surface area contributed by atoms with Crippen molar-refractivity contribution in [2.24, 2.45) is 10.9 Å². The second kappa shape index (κ2) is 9.30. The van der Waals surface area contributed by atoms with Crippen molar-refractivity contribution in [3.63, 3.8) is 0 Å². The Labute approximate surface area is 144 Å². The Morgan fingerprint density at radius 1 is 1.43 bits per heavy atom. The Balaban J connectivity index is 0.00000220. The third kappa shape index (κ3) is 6.25. The predicted molar refractivity (Wildman–Crippen MR) is 97.1 cm³/mol. The quantitative estimate of drug-likeness (QED) is 0.415. The van der Waals surface area contributed by atoms with Crippen molar-refractivity contribution in [3.8, 4) is 0 Å². The van der Waals surface area contributed by atoms with Crippen LogP contribution in [0, 0.1) is 5.92 Å². The fourth-order valence-electron chi connectivity index (χ4n) is 2.35. The van der Waals surface area contributed by atoms with E-state index in [1.165, 1.54) is 12.8 Å². The molecule has 0 spiro atoms. The zero-order valence-corrected chi connectivity index (χ0v) is 15.5. The molecule has 1 aliphatic rings. The molecule has 1 aliphatic carbocycles. The smallest absolute Gasteiger partial charge is 0.191 e. The molecule has 1 saturated carbocycles. The number of furan rings is 1. The van der Waals surface area contributed by atoms with Crippen LogP contribution in [0.1, 0.15) is 25.5 Å². The van der Waals surface area contributed by atoms with Gasteiger partial charge in [-0.3, -0.25) is 0 Å². The number of halogens is 1. The lowest BCUT2D eigenvalue weighted by atomic mass is 10.1. The van der Waals surface area contributed by atoms with Crippen LogP contribution in [0.4, 0.5) is 0 Å². The van der Waals surface area contributed by atoms with E-state index in [9.17, 15) is 0 Å². The average molecular weight is 406 g/mol. The lowest BCUT2D eigenvalue weighted by Gasteiger charge is -2.25. The highest BCUT2D eigenvalue weighted by Crippen LogP contribution is 2.34. The monoisotopic (exact) mass is 406 g/mol. The van der Waals surface area contributed by atoms with Crippen LogP contribution in [0.25, 0.3) is 0 Å². The summed E-state index contributed by atoms with van der Waals surface area (Å²) in [6.45, 7) is 4.44. The molecule has 0 bridgehead atoms. The van der Waals surface area contributed by atoms with Gasteiger partial charge in [-0.15, -0.1) is 24.0 Å². The van der Waals surface area contributed by atoms with Crippen LogP contribution in [0.15, 0.2) is 27.8 Å². The maximum absolute atomic E-state index is 5.30. The molecular formula is C15H27IN4O. The first kappa shape index (κ1) is 18.3. The predicted octanol–water partition coefficient (Wildman–Crippen LogP) is 2.29. The van der Waals surface area contributed by atoms with E-state index >= 15 is 0 Å². The largest absolute Gasteiger partial charge is 0.467 e. The molecule has 0 amide bonds. The van der Waals surface area contributed by atoms with Gasteiger partial charge < -0.3 is 20.0 Å². The van der Waals surface area contributed by atoms with Crippen molar-refractivity contribution >= 4 is 29.9 Å². The van der Waals surface area contributed by atoms with Crippen LogP contribution in [-0.4, -0.2) is 44.1 Å². The minimum atomic E-state index is 0. The van der Waals surface area contributed by atoms with E-state index in [0.717, 1.165) is 30.7 Å². The number of likely N-dealkylation sites (N-methyl/N-ethyl adjacent to an activating group) is 1. The molecule has 0 aromatic carbocycles. The van der Waals surface area contributed by atoms with Crippen LogP contribution in [0.2, 0.25) is 0 Å². The number of hydrogen-bond acceptors (Lipinski definition) is 3. The molecule has 1 heterocycles. The first-order chi connectivity index (χ1) is 9.70. The van der Waals surface area contributed by atoms with Gasteiger partial charge in [0.2, 0.25) is 0 Å². The molecule has 0 radical (unpaired) electrons. The number of nitrogens with zero attached hydrogens (tertiary/aromatic N) is 2. The highest BCUT2D eigenvalue weighted by Gasteiger charge is 2.32. The fourth-order valence-corrected chi connectivity index (χ4v) is 2.35. The molecule has 5 nitrogen and oxygen atoms in total. The van der Waals surface area contributed by atoms with Gasteiger partial charge in [-0.1, -0.05) is 0 Å². The van der Waals surface area contributed by atoms with Gasteiger partial charge in [-0.25, -0.2) is 4.99 Å². The number of hydrogen-bond donors (Lipinski definition) is 2. The molecule has 0 aliphatic heterocycles. The van der Waals surface area contributed by atoms with E-state index in [4.69, 9.17) is 4.42 Å². The molecule has 6 heteroatoms. The van der Waals surface area contributed by atoms with Crippen LogP contribution in [0.5, 0.6) is 0 Å².